The number of carbonyl (C=O) groups is 1. The fourth-order valence-corrected chi connectivity index (χ4v) is 2.05. The van der Waals surface area contributed by atoms with Crippen molar-refractivity contribution in [1.82, 2.24) is 0 Å². The Bertz CT molecular complexity index is 664. The molecule has 0 radical (unpaired) electrons. The summed E-state index contributed by atoms with van der Waals surface area (Å²) in [5, 5.41) is 14.6. The van der Waals surface area contributed by atoms with Crippen molar-refractivity contribution in [3.63, 3.8) is 0 Å². The summed E-state index contributed by atoms with van der Waals surface area (Å²) in [4.78, 5) is 11.8. The Balaban J connectivity index is 1.91. The minimum absolute atomic E-state index is 0.160. The van der Waals surface area contributed by atoms with Crippen LogP contribution in [0.5, 0.6) is 0 Å². The van der Waals surface area contributed by atoms with Gasteiger partial charge in [0.15, 0.2) is 0 Å². The van der Waals surface area contributed by atoms with Crippen molar-refractivity contribution >= 4 is 33.2 Å². The van der Waals surface area contributed by atoms with Crippen LogP contribution >= 0.6 is 15.9 Å². The Morgan fingerprint density at radius 1 is 1.15 bits per heavy atom. The molecule has 0 bridgehead atoms. The number of nitriles is 1. The van der Waals surface area contributed by atoms with Crippen LogP contribution in [0.3, 0.4) is 0 Å². The van der Waals surface area contributed by atoms with Gasteiger partial charge >= 0.3 is 0 Å². The molecule has 0 aromatic heterocycles. The van der Waals surface area contributed by atoms with Crippen molar-refractivity contribution in [2.24, 2.45) is 0 Å². The van der Waals surface area contributed by atoms with Crippen LogP contribution in [0.4, 0.5) is 11.4 Å². The zero-order chi connectivity index (χ0) is 14.4. The Morgan fingerprint density at radius 2 is 1.90 bits per heavy atom. The SMILES string of the molecule is N#Cc1cccc(NC(=O)CNc2cccc(Br)c2)c1. The summed E-state index contributed by atoms with van der Waals surface area (Å²) in [6.45, 7) is 0.160. The van der Waals surface area contributed by atoms with Gasteiger partial charge in [-0.25, -0.2) is 0 Å². The third-order valence-electron chi connectivity index (χ3n) is 2.55. The van der Waals surface area contributed by atoms with Crippen LogP contribution in [0.25, 0.3) is 0 Å². The zero-order valence-corrected chi connectivity index (χ0v) is 12.1. The first-order chi connectivity index (χ1) is 9.67. The summed E-state index contributed by atoms with van der Waals surface area (Å²) in [5.41, 5.74) is 1.99. The van der Waals surface area contributed by atoms with Gasteiger partial charge in [-0.05, 0) is 36.4 Å². The third-order valence-corrected chi connectivity index (χ3v) is 3.05. The molecule has 20 heavy (non-hydrogen) atoms. The summed E-state index contributed by atoms with van der Waals surface area (Å²) in [5.74, 6) is -0.167. The van der Waals surface area contributed by atoms with E-state index in [1.807, 2.05) is 30.3 Å². The molecular weight excluding hydrogens is 318 g/mol. The lowest BCUT2D eigenvalue weighted by molar-refractivity contribution is -0.114. The Kier molecular flexibility index (Phi) is 4.75. The predicted molar refractivity (Wildman–Crippen MR) is 82.4 cm³/mol. The van der Waals surface area contributed by atoms with E-state index in [0.717, 1.165) is 10.2 Å². The summed E-state index contributed by atoms with van der Waals surface area (Å²) in [7, 11) is 0. The second-order valence-electron chi connectivity index (χ2n) is 4.10. The van der Waals surface area contributed by atoms with Gasteiger partial charge in [0.2, 0.25) is 5.91 Å². The van der Waals surface area contributed by atoms with Crippen LogP contribution < -0.4 is 10.6 Å². The minimum Gasteiger partial charge on any atom is -0.376 e. The molecule has 1 amide bonds. The molecule has 0 aliphatic heterocycles. The Hall–Kier alpha value is -2.32. The van der Waals surface area contributed by atoms with E-state index in [1.54, 1.807) is 24.3 Å². The van der Waals surface area contributed by atoms with Crippen LogP contribution in [0.15, 0.2) is 53.0 Å². The smallest absolute Gasteiger partial charge is 0.243 e. The minimum atomic E-state index is -0.167. The van der Waals surface area contributed by atoms with E-state index in [2.05, 4.69) is 26.6 Å². The van der Waals surface area contributed by atoms with Crippen molar-refractivity contribution in [3.8, 4) is 6.07 Å². The van der Waals surface area contributed by atoms with Crippen LogP contribution in [0.1, 0.15) is 5.56 Å². The summed E-state index contributed by atoms with van der Waals surface area (Å²) >= 11 is 3.37. The maximum Gasteiger partial charge on any atom is 0.243 e. The Morgan fingerprint density at radius 3 is 2.65 bits per heavy atom. The highest BCUT2D eigenvalue weighted by molar-refractivity contribution is 9.10. The van der Waals surface area contributed by atoms with Crippen LogP contribution in [-0.2, 0) is 4.79 Å². The molecule has 0 unspecified atom stereocenters. The number of rotatable bonds is 4. The van der Waals surface area contributed by atoms with Gasteiger partial charge in [0, 0.05) is 15.8 Å². The molecule has 0 saturated carbocycles. The summed E-state index contributed by atoms with van der Waals surface area (Å²) in [6.07, 6.45) is 0. The van der Waals surface area contributed by atoms with E-state index >= 15 is 0 Å². The molecule has 0 atom stereocenters. The average Bonchev–Trinajstić information content (AvgIpc) is 2.45. The molecule has 2 aromatic rings. The van der Waals surface area contributed by atoms with E-state index in [9.17, 15) is 4.79 Å². The molecule has 4 nitrogen and oxygen atoms in total. The molecule has 0 spiro atoms. The maximum absolute atomic E-state index is 11.8. The van der Waals surface area contributed by atoms with E-state index in [1.165, 1.54) is 0 Å². The standard InChI is InChI=1S/C15H12BrN3O/c16-12-4-2-5-13(8-12)18-10-15(20)19-14-6-1-3-11(7-14)9-17/h1-8,18H,10H2,(H,19,20). The number of hydrogen-bond donors (Lipinski definition) is 2. The number of anilines is 2. The number of nitrogens with zero attached hydrogens (tertiary/aromatic N) is 1. The number of hydrogen-bond acceptors (Lipinski definition) is 3. The average molecular weight is 330 g/mol. The fraction of sp³-hybridized carbons (Fsp3) is 0.0667. The molecule has 0 aliphatic carbocycles. The molecule has 100 valence electrons. The van der Waals surface area contributed by atoms with Gasteiger partial charge < -0.3 is 10.6 Å². The second kappa shape index (κ2) is 6.73. The molecule has 2 rings (SSSR count). The number of halogens is 1. The van der Waals surface area contributed by atoms with Crippen LogP contribution in [0.2, 0.25) is 0 Å². The first-order valence-electron chi connectivity index (χ1n) is 5.97. The maximum atomic E-state index is 11.8. The van der Waals surface area contributed by atoms with Crippen molar-refractivity contribution in [2.75, 3.05) is 17.2 Å². The monoisotopic (exact) mass is 329 g/mol. The number of amides is 1. The summed E-state index contributed by atoms with van der Waals surface area (Å²) < 4.78 is 0.949. The van der Waals surface area contributed by atoms with Crippen molar-refractivity contribution in [2.45, 2.75) is 0 Å². The first kappa shape index (κ1) is 14.1. The topological polar surface area (TPSA) is 64.9 Å². The predicted octanol–water partition coefficient (Wildman–Crippen LogP) is 3.37. The van der Waals surface area contributed by atoms with Crippen LogP contribution in [0, 0.1) is 11.3 Å². The molecule has 0 aliphatic rings. The number of nitrogens with one attached hydrogen (secondary N) is 2. The molecule has 2 aromatic carbocycles. The van der Waals surface area contributed by atoms with Crippen molar-refractivity contribution in [3.05, 3.63) is 58.6 Å². The zero-order valence-electron chi connectivity index (χ0n) is 10.6. The molecule has 0 heterocycles. The van der Waals surface area contributed by atoms with Gasteiger partial charge in [0.1, 0.15) is 0 Å². The normalized spacial score (nSPS) is 9.60. The van der Waals surface area contributed by atoms with Gasteiger partial charge in [-0.2, -0.15) is 5.26 Å². The van der Waals surface area contributed by atoms with E-state index < -0.39 is 0 Å². The fourth-order valence-electron chi connectivity index (χ4n) is 1.65. The van der Waals surface area contributed by atoms with Gasteiger partial charge in [-0.1, -0.05) is 28.1 Å². The number of benzene rings is 2. The highest BCUT2D eigenvalue weighted by atomic mass is 79.9. The molecule has 5 heteroatoms. The lowest BCUT2D eigenvalue weighted by atomic mass is 10.2. The Labute approximate surface area is 125 Å². The largest absolute Gasteiger partial charge is 0.376 e. The van der Waals surface area contributed by atoms with Gasteiger partial charge in [-0.3, -0.25) is 4.79 Å². The van der Waals surface area contributed by atoms with Crippen LogP contribution in [-0.4, -0.2) is 12.5 Å². The second-order valence-corrected chi connectivity index (χ2v) is 5.02. The third kappa shape index (κ3) is 4.11. The van der Waals surface area contributed by atoms with Crippen molar-refractivity contribution in [1.29, 1.82) is 5.26 Å². The van der Waals surface area contributed by atoms with E-state index in [0.29, 0.717) is 11.3 Å². The molecular formula is C15H12BrN3O. The quantitative estimate of drug-likeness (QED) is 0.903. The van der Waals surface area contributed by atoms with Gasteiger partial charge in [0.25, 0.3) is 0 Å². The van der Waals surface area contributed by atoms with E-state index in [4.69, 9.17) is 5.26 Å². The summed E-state index contributed by atoms with van der Waals surface area (Å²) in [6, 6.07) is 16.4. The lowest BCUT2D eigenvalue weighted by Crippen LogP contribution is -2.21. The van der Waals surface area contributed by atoms with Crippen molar-refractivity contribution < 1.29 is 4.79 Å². The lowest BCUT2D eigenvalue weighted by Gasteiger charge is -2.08. The first-order valence-corrected chi connectivity index (χ1v) is 6.76. The molecule has 0 fully saturated rings. The molecule has 0 saturated heterocycles. The highest BCUT2D eigenvalue weighted by Gasteiger charge is 2.03. The van der Waals surface area contributed by atoms with E-state index in [-0.39, 0.29) is 12.5 Å². The van der Waals surface area contributed by atoms with Gasteiger partial charge in [0.05, 0.1) is 18.2 Å². The number of carbonyl (C=O) groups excluding carboxylic acids is 1. The highest BCUT2D eigenvalue weighted by Crippen LogP contribution is 2.15. The molecule has 2 N–H and O–H groups in total. The van der Waals surface area contributed by atoms with Gasteiger partial charge in [-0.15, -0.1) is 0 Å².